The van der Waals surface area contributed by atoms with Crippen LogP contribution in [0.3, 0.4) is 0 Å². The molecule has 0 aliphatic carbocycles. The van der Waals surface area contributed by atoms with Crippen molar-refractivity contribution >= 4 is 21.8 Å². The van der Waals surface area contributed by atoms with Crippen molar-refractivity contribution in [2.75, 3.05) is 65.9 Å². The highest BCUT2D eigenvalue weighted by Gasteiger charge is 2.18. The molecule has 13 nitrogen and oxygen atoms in total. The number of sulfonamides is 1. The van der Waals surface area contributed by atoms with Crippen LogP contribution >= 0.6 is 0 Å². The highest BCUT2D eigenvalue weighted by atomic mass is 32.2. The van der Waals surface area contributed by atoms with Gasteiger partial charge in [-0.1, -0.05) is 0 Å². The second-order valence-electron chi connectivity index (χ2n) is 6.64. The topological polar surface area (TPSA) is 176 Å². The van der Waals surface area contributed by atoms with Gasteiger partial charge in [-0.15, -0.1) is 0 Å². The lowest BCUT2D eigenvalue weighted by atomic mass is 10.2. The molecular weight excluding hydrogens is 462 g/mol. The van der Waals surface area contributed by atoms with Crippen molar-refractivity contribution in [2.24, 2.45) is 0 Å². The molecule has 0 heterocycles. The molecule has 14 heteroatoms. The number of benzene rings is 1. The Balaban J connectivity index is 1.98. The van der Waals surface area contributed by atoms with E-state index in [1.807, 2.05) is 0 Å². The number of carboxylic acid groups (broad SMARTS) is 1. The van der Waals surface area contributed by atoms with E-state index in [9.17, 15) is 23.3 Å². The quantitative estimate of drug-likeness (QED) is 0.143. The number of nitrogens with zero attached hydrogens (tertiary/aromatic N) is 1. The van der Waals surface area contributed by atoms with Crippen LogP contribution in [0.15, 0.2) is 23.1 Å². The first kappa shape index (κ1) is 28.7. The summed E-state index contributed by atoms with van der Waals surface area (Å²) in [5.74, 6) is 0. The number of carbonyl (C=O) groups is 1. The van der Waals surface area contributed by atoms with E-state index in [2.05, 4.69) is 10.0 Å². The van der Waals surface area contributed by atoms with Crippen molar-refractivity contribution in [1.82, 2.24) is 10.0 Å². The number of hydrogen-bond acceptors (Lipinski definition) is 9. The molecule has 0 fully saturated rings. The van der Waals surface area contributed by atoms with Crippen molar-refractivity contribution in [3.63, 3.8) is 0 Å². The molecule has 1 aromatic rings. The van der Waals surface area contributed by atoms with Gasteiger partial charge in [-0.2, -0.15) is 0 Å². The first-order valence-electron chi connectivity index (χ1n) is 10.3. The van der Waals surface area contributed by atoms with Crippen LogP contribution < -0.4 is 10.0 Å². The third-order valence-electron chi connectivity index (χ3n) is 4.06. The Morgan fingerprint density at radius 2 is 1.52 bits per heavy atom. The second-order valence-corrected chi connectivity index (χ2v) is 8.41. The Kier molecular flexibility index (Phi) is 14.1. The number of nitro benzene ring substituents is 1. The number of nitro groups is 1. The van der Waals surface area contributed by atoms with Gasteiger partial charge in [-0.05, 0) is 25.5 Å². The average molecular weight is 494 g/mol. The zero-order valence-corrected chi connectivity index (χ0v) is 19.3. The zero-order chi connectivity index (χ0) is 24.5. The lowest BCUT2D eigenvalue weighted by molar-refractivity contribution is -0.385. The molecule has 0 radical (unpaired) electrons. The third kappa shape index (κ3) is 13.1. The second kappa shape index (κ2) is 16.3. The van der Waals surface area contributed by atoms with Crippen LogP contribution in [0.2, 0.25) is 0 Å². The van der Waals surface area contributed by atoms with Gasteiger partial charge in [-0.3, -0.25) is 10.1 Å². The number of amides is 1. The van der Waals surface area contributed by atoms with Crippen molar-refractivity contribution in [3.05, 3.63) is 33.9 Å². The van der Waals surface area contributed by atoms with Crippen molar-refractivity contribution in [3.8, 4) is 0 Å². The first-order chi connectivity index (χ1) is 15.7. The van der Waals surface area contributed by atoms with Gasteiger partial charge in [0.1, 0.15) is 0 Å². The van der Waals surface area contributed by atoms with E-state index in [0.717, 1.165) is 6.07 Å². The molecule has 188 valence electrons. The van der Waals surface area contributed by atoms with Crippen LogP contribution in [-0.2, 0) is 29.0 Å². The summed E-state index contributed by atoms with van der Waals surface area (Å²) in [5, 5.41) is 21.4. The molecule has 0 bridgehead atoms. The van der Waals surface area contributed by atoms with Crippen LogP contribution in [0.1, 0.15) is 12.0 Å². The van der Waals surface area contributed by atoms with Crippen molar-refractivity contribution in [2.45, 2.75) is 18.2 Å². The summed E-state index contributed by atoms with van der Waals surface area (Å²) in [6.45, 7) is 4.63. The van der Waals surface area contributed by atoms with E-state index in [4.69, 9.17) is 24.1 Å². The molecular formula is C19H31N3O10S. The Morgan fingerprint density at radius 1 is 0.970 bits per heavy atom. The fourth-order valence-corrected chi connectivity index (χ4v) is 3.57. The smallest absolute Gasteiger partial charge is 0.404 e. The minimum atomic E-state index is -3.78. The monoisotopic (exact) mass is 493 g/mol. The van der Waals surface area contributed by atoms with Gasteiger partial charge in [-0.25, -0.2) is 17.9 Å². The van der Waals surface area contributed by atoms with Gasteiger partial charge < -0.3 is 29.4 Å². The maximum atomic E-state index is 12.2. The zero-order valence-electron chi connectivity index (χ0n) is 18.5. The lowest BCUT2D eigenvalue weighted by Crippen LogP contribution is -2.28. The van der Waals surface area contributed by atoms with Crippen molar-refractivity contribution < 1.29 is 42.2 Å². The number of hydrogen-bond donors (Lipinski definition) is 3. The SMILES string of the molecule is Cc1cc(S(=O)(=O)NCCOCCOCCOCCCOCCNC(=O)O)ccc1[N+](=O)[O-]. The molecule has 3 N–H and O–H groups in total. The van der Waals surface area contributed by atoms with Crippen LogP contribution in [0.5, 0.6) is 0 Å². The van der Waals surface area contributed by atoms with E-state index < -0.39 is 21.0 Å². The summed E-state index contributed by atoms with van der Waals surface area (Å²) < 4.78 is 48.1. The van der Waals surface area contributed by atoms with E-state index in [1.54, 1.807) is 0 Å². The highest BCUT2D eigenvalue weighted by Crippen LogP contribution is 2.21. The third-order valence-corrected chi connectivity index (χ3v) is 5.52. The number of ether oxygens (including phenoxy) is 4. The normalized spacial score (nSPS) is 11.4. The van der Waals surface area contributed by atoms with Gasteiger partial charge in [0.05, 0.1) is 49.5 Å². The average Bonchev–Trinajstić information content (AvgIpc) is 2.75. The van der Waals surface area contributed by atoms with Crippen LogP contribution in [-0.4, -0.2) is 90.5 Å². The molecule has 0 aromatic heterocycles. The molecule has 0 aliphatic rings. The molecule has 0 spiro atoms. The first-order valence-corrected chi connectivity index (χ1v) is 11.7. The van der Waals surface area contributed by atoms with Crippen LogP contribution in [0.4, 0.5) is 10.5 Å². The van der Waals surface area contributed by atoms with E-state index in [1.165, 1.54) is 19.1 Å². The summed E-state index contributed by atoms with van der Waals surface area (Å²) in [6, 6.07) is 3.61. The highest BCUT2D eigenvalue weighted by molar-refractivity contribution is 7.89. The molecule has 0 saturated carbocycles. The fraction of sp³-hybridized carbons (Fsp3) is 0.632. The predicted molar refractivity (Wildman–Crippen MR) is 117 cm³/mol. The van der Waals surface area contributed by atoms with Gasteiger partial charge in [0, 0.05) is 37.9 Å². The standard InChI is InChI=1S/C19H31N3O10S/c1-16-15-17(3-4-18(16)22(25)26)33(27,28)21-6-10-31-12-14-32-13-11-30-8-2-7-29-9-5-20-19(23)24/h3-4,15,20-21H,2,5-14H2,1H3,(H,23,24). The molecule has 1 rings (SSSR count). The molecule has 0 atom stereocenters. The van der Waals surface area contributed by atoms with Crippen molar-refractivity contribution in [1.29, 1.82) is 0 Å². The summed E-state index contributed by atoms with van der Waals surface area (Å²) in [6.07, 6.45) is -0.391. The maximum Gasteiger partial charge on any atom is 0.404 e. The molecule has 0 saturated heterocycles. The Hall–Kier alpha value is -2.36. The maximum absolute atomic E-state index is 12.2. The largest absolute Gasteiger partial charge is 0.465 e. The minimum Gasteiger partial charge on any atom is -0.465 e. The summed E-state index contributed by atoms with van der Waals surface area (Å²) in [7, 11) is -3.78. The Labute approximate surface area is 192 Å². The summed E-state index contributed by atoms with van der Waals surface area (Å²) in [4.78, 5) is 20.4. The molecule has 0 unspecified atom stereocenters. The van der Waals surface area contributed by atoms with Gasteiger partial charge in [0.15, 0.2) is 0 Å². The van der Waals surface area contributed by atoms with Gasteiger partial charge >= 0.3 is 6.09 Å². The van der Waals surface area contributed by atoms with Crippen LogP contribution in [0, 0.1) is 17.0 Å². The number of aryl methyl sites for hydroxylation is 1. The minimum absolute atomic E-state index is 0.0457. The molecule has 1 amide bonds. The Morgan fingerprint density at radius 3 is 2.09 bits per heavy atom. The van der Waals surface area contributed by atoms with Gasteiger partial charge in [0.25, 0.3) is 5.69 Å². The molecule has 33 heavy (non-hydrogen) atoms. The predicted octanol–water partition coefficient (Wildman–Crippen LogP) is 0.906. The number of rotatable bonds is 19. The fourth-order valence-electron chi connectivity index (χ4n) is 2.47. The lowest BCUT2D eigenvalue weighted by Gasteiger charge is -2.09. The summed E-state index contributed by atoms with van der Waals surface area (Å²) in [5.41, 5.74) is 0.124. The van der Waals surface area contributed by atoms with E-state index in [-0.39, 0.29) is 42.4 Å². The number of nitrogens with one attached hydrogen (secondary N) is 2. The molecule has 1 aromatic carbocycles. The van der Waals surface area contributed by atoms with E-state index >= 15 is 0 Å². The van der Waals surface area contributed by atoms with Gasteiger partial charge in [0.2, 0.25) is 10.0 Å². The summed E-state index contributed by atoms with van der Waals surface area (Å²) >= 11 is 0. The Bertz CT molecular complexity index is 835. The molecule has 0 aliphatic heterocycles. The van der Waals surface area contributed by atoms with Crippen LogP contribution in [0.25, 0.3) is 0 Å². The van der Waals surface area contributed by atoms with E-state index in [0.29, 0.717) is 46.1 Å².